The molecule has 2 aliphatic rings. The second-order valence-electron chi connectivity index (χ2n) is 6.13. The summed E-state index contributed by atoms with van der Waals surface area (Å²) in [7, 11) is 0. The van der Waals surface area contributed by atoms with Crippen LogP contribution in [-0.4, -0.2) is 11.2 Å². The molecule has 4 heteroatoms. The Labute approximate surface area is 129 Å². The lowest BCUT2D eigenvalue weighted by Crippen LogP contribution is -2.11. The number of ether oxygens (including phenoxy) is 1. The minimum absolute atomic E-state index is 0.188. The van der Waals surface area contributed by atoms with Crippen LogP contribution in [0.2, 0.25) is 5.02 Å². The third-order valence-corrected chi connectivity index (χ3v) is 4.68. The molecule has 0 amide bonds. The van der Waals surface area contributed by atoms with E-state index in [1.807, 2.05) is 12.1 Å². The Bertz CT molecular complexity index is 675. The van der Waals surface area contributed by atoms with Gasteiger partial charge in [0.15, 0.2) is 0 Å². The summed E-state index contributed by atoms with van der Waals surface area (Å²) in [5.41, 5.74) is 9.87. The van der Waals surface area contributed by atoms with Crippen molar-refractivity contribution in [3.8, 4) is 5.75 Å². The van der Waals surface area contributed by atoms with Crippen LogP contribution in [0.4, 0.5) is 0 Å². The van der Waals surface area contributed by atoms with Gasteiger partial charge in [0.2, 0.25) is 0 Å². The van der Waals surface area contributed by atoms with Crippen LogP contribution in [-0.2, 0) is 13.0 Å². The highest BCUT2D eigenvalue weighted by molar-refractivity contribution is 6.30. The molecular formula is C17H19ClN2O. The van der Waals surface area contributed by atoms with Crippen LogP contribution in [0.1, 0.15) is 35.6 Å². The van der Waals surface area contributed by atoms with Gasteiger partial charge < -0.3 is 15.0 Å². The molecule has 0 radical (unpaired) electrons. The molecule has 4 rings (SSSR count). The van der Waals surface area contributed by atoms with Gasteiger partial charge >= 0.3 is 0 Å². The van der Waals surface area contributed by atoms with Gasteiger partial charge in [0.1, 0.15) is 5.75 Å². The zero-order chi connectivity index (χ0) is 14.4. The number of hydrogen-bond donors (Lipinski definition) is 1. The SMILES string of the molecule is NC(c1ccn(Cc2cc(Cl)cc3c2OCC3)c1)C1CC1. The van der Waals surface area contributed by atoms with Crippen LogP contribution in [0, 0.1) is 5.92 Å². The second kappa shape index (κ2) is 5.08. The molecule has 1 aliphatic carbocycles. The van der Waals surface area contributed by atoms with E-state index < -0.39 is 0 Å². The average Bonchev–Trinajstić information content (AvgIpc) is 3.02. The Morgan fingerprint density at radius 1 is 1.38 bits per heavy atom. The topological polar surface area (TPSA) is 40.2 Å². The Hall–Kier alpha value is -1.45. The zero-order valence-electron chi connectivity index (χ0n) is 11.9. The summed E-state index contributed by atoms with van der Waals surface area (Å²) in [6.07, 6.45) is 7.74. The van der Waals surface area contributed by atoms with Crippen molar-refractivity contribution in [1.82, 2.24) is 4.57 Å². The summed E-state index contributed by atoms with van der Waals surface area (Å²) < 4.78 is 7.93. The maximum absolute atomic E-state index is 6.26. The number of nitrogens with zero attached hydrogens (tertiary/aromatic N) is 1. The summed E-state index contributed by atoms with van der Waals surface area (Å²) in [5.74, 6) is 1.70. The van der Waals surface area contributed by atoms with Crippen LogP contribution in [0.3, 0.4) is 0 Å². The number of hydrogen-bond acceptors (Lipinski definition) is 2. The number of rotatable bonds is 4. The first-order valence-corrected chi connectivity index (χ1v) is 7.94. The summed E-state index contributed by atoms with van der Waals surface area (Å²) >= 11 is 6.22. The van der Waals surface area contributed by atoms with Gasteiger partial charge in [-0.25, -0.2) is 0 Å². The standard InChI is InChI=1S/C17H19ClN2O/c18-15-7-12-4-6-21-17(12)14(8-15)10-20-5-3-13(9-20)16(19)11-1-2-11/h3,5,7-9,11,16H,1-2,4,6,10,19H2. The van der Waals surface area contributed by atoms with E-state index in [0.29, 0.717) is 5.92 Å². The normalized spacial score (nSPS) is 18.4. The van der Waals surface area contributed by atoms with E-state index in [1.54, 1.807) is 0 Å². The number of benzene rings is 1. The van der Waals surface area contributed by atoms with E-state index in [4.69, 9.17) is 22.1 Å². The molecule has 1 unspecified atom stereocenters. The molecule has 1 atom stereocenters. The monoisotopic (exact) mass is 302 g/mol. The van der Waals surface area contributed by atoms with Crippen molar-refractivity contribution < 1.29 is 4.74 Å². The Morgan fingerprint density at radius 2 is 2.24 bits per heavy atom. The first kappa shape index (κ1) is 13.2. The van der Waals surface area contributed by atoms with Crippen LogP contribution >= 0.6 is 11.6 Å². The number of fused-ring (bicyclic) bond motifs is 1. The molecule has 1 aliphatic heterocycles. The first-order chi connectivity index (χ1) is 10.2. The van der Waals surface area contributed by atoms with Crippen molar-refractivity contribution in [2.75, 3.05) is 6.61 Å². The lowest BCUT2D eigenvalue weighted by molar-refractivity contribution is 0.352. The first-order valence-electron chi connectivity index (χ1n) is 7.56. The van der Waals surface area contributed by atoms with E-state index >= 15 is 0 Å². The van der Waals surface area contributed by atoms with Gasteiger partial charge in [0.25, 0.3) is 0 Å². The Morgan fingerprint density at radius 3 is 3.05 bits per heavy atom. The Balaban J connectivity index is 1.59. The molecular weight excluding hydrogens is 284 g/mol. The molecule has 0 saturated heterocycles. The van der Waals surface area contributed by atoms with E-state index in [2.05, 4.69) is 23.0 Å². The van der Waals surface area contributed by atoms with E-state index in [0.717, 1.165) is 35.9 Å². The maximum atomic E-state index is 6.26. The fraction of sp³-hybridized carbons (Fsp3) is 0.412. The molecule has 1 saturated carbocycles. The highest BCUT2D eigenvalue weighted by Crippen LogP contribution is 2.39. The van der Waals surface area contributed by atoms with Crippen molar-refractivity contribution in [1.29, 1.82) is 0 Å². The van der Waals surface area contributed by atoms with Gasteiger partial charge in [-0.2, -0.15) is 0 Å². The quantitative estimate of drug-likeness (QED) is 0.938. The van der Waals surface area contributed by atoms with Crippen LogP contribution in [0.5, 0.6) is 5.75 Å². The fourth-order valence-electron chi connectivity index (χ4n) is 3.14. The lowest BCUT2D eigenvalue weighted by atomic mass is 10.1. The van der Waals surface area contributed by atoms with Crippen LogP contribution in [0.25, 0.3) is 0 Å². The largest absolute Gasteiger partial charge is 0.493 e. The predicted molar refractivity (Wildman–Crippen MR) is 83.8 cm³/mol. The highest BCUT2D eigenvalue weighted by Gasteiger charge is 2.29. The summed E-state index contributed by atoms with van der Waals surface area (Å²) in [4.78, 5) is 0. The minimum Gasteiger partial charge on any atom is -0.493 e. The molecule has 110 valence electrons. The molecule has 0 bridgehead atoms. The molecule has 3 nitrogen and oxygen atoms in total. The summed E-state index contributed by atoms with van der Waals surface area (Å²) in [6, 6.07) is 6.34. The molecule has 1 aromatic heterocycles. The van der Waals surface area contributed by atoms with Gasteiger partial charge in [0.05, 0.1) is 13.2 Å². The van der Waals surface area contributed by atoms with Crippen molar-refractivity contribution in [2.24, 2.45) is 11.7 Å². The van der Waals surface area contributed by atoms with Crippen molar-refractivity contribution in [3.63, 3.8) is 0 Å². The minimum atomic E-state index is 0.188. The zero-order valence-corrected chi connectivity index (χ0v) is 12.6. The molecule has 21 heavy (non-hydrogen) atoms. The van der Waals surface area contributed by atoms with E-state index in [9.17, 15) is 0 Å². The lowest BCUT2D eigenvalue weighted by Gasteiger charge is -2.10. The van der Waals surface area contributed by atoms with Crippen molar-refractivity contribution in [3.05, 3.63) is 52.3 Å². The third kappa shape index (κ3) is 2.56. The van der Waals surface area contributed by atoms with Gasteiger partial charge in [0, 0.05) is 35.4 Å². The highest BCUT2D eigenvalue weighted by atomic mass is 35.5. The van der Waals surface area contributed by atoms with Crippen LogP contribution in [0.15, 0.2) is 30.6 Å². The second-order valence-corrected chi connectivity index (χ2v) is 6.57. The summed E-state index contributed by atoms with van der Waals surface area (Å²) in [6.45, 7) is 1.53. The number of aromatic nitrogens is 1. The van der Waals surface area contributed by atoms with Crippen molar-refractivity contribution in [2.45, 2.75) is 31.8 Å². The van der Waals surface area contributed by atoms with Crippen LogP contribution < -0.4 is 10.5 Å². The van der Waals surface area contributed by atoms with E-state index in [-0.39, 0.29) is 6.04 Å². The number of nitrogens with two attached hydrogens (primary N) is 1. The average molecular weight is 303 g/mol. The Kier molecular flexibility index (Phi) is 3.20. The van der Waals surface area contributed by atoms with E-state index in [1.165, 1.54) is 24.0 Å². The fourth-order valence-corrected chi connectivity index (χ4v) is 3.41. The molecule has 1 aromatic carbocycles. The van der Waals surface area contributed by atoms with Gasteiger partial charge in [-0.1, -0.05) is 11.6 Å². The maximum Gasteiger partial charge on any atom is 0.127 e. The number of halogens is 1. The van der Waals surface area contributed by atoms with Gasteiger partial charge in [-0.15, -0.1) is 0 Å². The molecule has 2 N–H and O–H groups in total. The van der Waals surface area contributed by atoms with Crippen molar-refractivity contribution >= 4 is 11.6 Å². The summed E-state index contributed by atoms with van der Waals surface area (Å²) in [5, 5.41) is 0.788. The van der Waals surface area contributed by atoms with Gasteiger partial charge in [-0.05, 0) is 48.1 Å². The predicted octanol–water partition coefficient (Wildman–Crippen LogP) is 3.53. The molecule has 2 aromatic rings. The smallest absolute Gasteiger partial charge is 0.127 e. The molecule has 2 heterocycles. The third-order valence-electron chi connectivity index (χ3n) is 4.47. The van der Waals surface area contributed by atoms with Gasteiger partial charge in [-0.3, -0.25) is 0 Å². The molecule has 1 fully saturated rings. The molecule has 0 spiro atoms.